The summed E-state index contributed by atoms with van der Waals surface area (Å²) in [6.07, 6.45) is 3.62. The van der Waals surface area contributed by atoms with Crippen LogP contribution >= 0.6 is 0 Å². The van der Waals surface area contributed by atoms with Gasteiger partial charge in [-0.2, -0.15) is 0 Å². The Bertz CT molecular complexity index is 454. The van der Waals surface area contributed by atoms with Gasteiger partial charge in [-0.25, -0.2) is 0 Å². The van der Waals surface area contributed by atoms with E-state index in [1.165, 1.54) is 0 Å². The predicted molar refractivity (Wildman–Crippen MR) is 81.2 cm³/mol. The lowest BCUT2D eigenvalue weighted by Crippen LogP contribution is -2.11. The number of para-hydroxylation sites is 1. The third-order valence-corrected chi connectivity index (χ3v) is 3.10. The first kappa shape index (κ1) is 17.2. The van der Waals surface area contributed by atoms with Crippen LogP contribution in [0.4, 0.5) is 0 Å². The van der Waals surface area contributed by atoms with Gasteiger partial charge in [-0.15, -0.1) is 0 Å². The number of hydrogen-bond donors (Lipinski definition) is 0. The fourth-order valence-corrected chi connectivity index (χ4v) is 1.85. The molecule has 0 aromatic heterocycles. The average molecular weight is 292 g/mol. The first-order valence-corrected chi connectivity index (χ1v) is 7.61. The molecule has 0 radical (unpaired) electrons. The maximum absolute atomic E-state index is 11.7. The molecule has 0 aliphatic carbocycles. The van der Waals surface area contributed by atoms with Gasteiger partial charge in [0.25, 0.3) is 0 Å². The highest BCUT2D eigenvalue weighted by atomic mass is 16.5. The molecule has 116 valence electrons. The predicted octanol–water partition coefficient (Wildman–Crippen LogP) is 3.67. The summed E-state index contributed by atoms with van der Waals surface area (Å²) in [4.78, 5) is 23.1. The second kappa shape index (κ2) is 9.97. The van der Waals surface area contributed by atoms with Crippen LogP contribution in [-0.4, -0.2) is 18.5 Å². The van der Waals surface area contributed by atoms with E-state index in [4.69, 9.17) is 9.47 Å². The van der Waals surface area contributed by atoms with Crippen molar-refractivity contribution in [1.29, 1.82) is 0 Å². The molecule has 0 saturated heterocycles. The summed E-state index contributed by atoms with van der Waals surface area (Å²) >= 11 is 0. The van der Waals surface area contributed by atoms with Crippen molar-refractivity contribution < 1.29 is 19.1 Å². The number of unbranched alkanes of at least 4 members (excludes halogenated alkanes) is 1. The Balaban J connectivity index is 2.26. The highest BCUT2D eigenvalue weighted by Crippen LogP contribution is 2.19. The molecule has 0 aliphatic heterocycles. The number of esters is 2. The van der Waals surface area contributed by atoms with Gasteiger partial charge in [-0.3, -0.25) is 9.59 Å². The molecule has 1 rings (SSSR count). The number of hydrogen-bond acceptors (Lipinski definition) is 4. The minimum Gasteiger partial charge on any atom is -0.466 e. The maximum Gasteiger partial charge on any atom is 0.311 e. The second-order valence-corrected chi connectivity index (χ2v) is 4.86. The first-order valence-electron chi connectivity index (χ1n) is 7.61. The number of carbonyl (C=O) groups is 2. The molecule has 1 aromatic carbocycles. The van der Waals surface area contributed by atoms with Gasteiger partial charge < -0.3 is 9.47 Å². The molecule has 0 bridgehead atoms. The van der Waals surface area contributed by atoms with Crippen molar-refractivity contribution in [2.75, 3.05) is 6.61 Å². The lowest BCUT2D eigenvalue weighted by molar-refractivity contribution is -0.144. The Hall–Kier alpha value is -1.84. The van der Waals surface area contributed by atoms with E-state index in [-0.39, 0.29) is 24.8 Å². The van der Waals surface area contributed by atoms with Crippen LogP contribution in [0.5, 0.6) is 5.75 Å². The van der Waals surface area contributed by atoms with Crippen molar-refractivity contribution in [3.63, 3.8) is 0 Å². The zero-order chi connectivity index (χ0) is 15.5. The van der Waals surface area contributed by atoms with E-state index in [9.17, 15) is 9.59 Å². The summed E-state index contributed by atoms with van der Waals surface area (Å²) in [6.45, 7) is 4.51. The van der Waals surface area contributed by atoms with Crippen LogP contribution in [-0.2, 0) is 20.7 Å². The van der Waals surface area contributed by atoms with E-state index in [0.717, 1.165) is 24.8 Å². The SMILES string of the molecule is CCCCOC(=O)CCCC(=O)Oc1ccccc1CC. The van der Waals surface area contributed by atoms with Gasteiger partial charge in [0.15, 0.2) is 0 Å². The normalized spacial score (nSPS) is 10.2. The Labute approximate surface area is 126 Å². The van der Waals surface area contributed by atoms with Crippen LogP contribution in [0.3, 0.4) is 0 Å². The molecule has 0 fully saturated rings. The Kier molecular flexibility index (Phi) is 8.17. The highest BCUT2D eigenvalue weighted by molar-refractivity contribution is 5.74. The van der Waals surface area contributed by atoms with Crippen LogP contribution < -0.4 is 4.74 Å². The van der Waals surface area contributed by atoms with Gasteiger partial charge in [-0.05, 0) is 30.9 Å². The molecule has 0 saturated carbocycles. The minimum atomic E-state index is -0.308. The second-order valence-electron chi connectivity index (χ2n) is 4.86. The Morgan fingerprint density at radius 3 is 2.43 bits per heavy atom. The van der Waals surface area contributed by atoms with E-state index in [1.807, 2.05) is 32.0 Å². The quantitative estimate of drug-likeness (QED) is 0.396. The number of benzene rings is 1. The van der Waals surface area contributed by atoms with Crippen molar-refractivity contribution in [3.8, 4) is 5.75 Å². The number of carbonyl (C=O) groups excluding carboxylic acids is 2. The van der Waals surface area contributed by atoms with Crippen LogP contribution in [0.25, 0.3) is 0 Å². The maximum atomic E-state index is 11.7. The zero-order valence-corrected chi connectivity index (χ0v) is 12.9. The summed E-state index contributed by atoms with van der Waals surface area (Å²) < 4.78 is 10.4. The lowest BCUT2D eigenvalue weighted by Gasteiger charge is -2.08. The first-order chi connectivity index (χ1) is 10.2. The molecule has 0 N–H and O–H groups in total. The summed E-state index contributed by atoms with van der Waals surface area (Å²) in [7, 11) is 0. The van der Waals surface area contributed by atoms with Crippen LogP contribution in [0, 0.1) is 0 Å². The highest BCUT2D eigenvalue weighted by Gasteiger charge is 2.10. The molecule has 0 atom stereocenters. The standard InChI is InChI=1S/C17H24O4/c1-3-5-13-20-16(18)11-8-12-17(19)21-15-10-7-6-9-14(15)4-2/h6-7,9-10H,3-5,8,11-13H2,1-2H3. The van der Waals surface area contributed by atoms with E-state index >= 15 is 0 Å². The van der Waals surface area contributed by atoms with Crippen LogP contribution in [0.15, 0.2) is 24.3 Å². The van der Waals surface area contributed by atoms with Gasteiger partial charge in [0, 0.05) is 12.8 Å². The van der Waals surface area contributed by atoms with Crippen molar-refractivity contribution in [2.24, 2.45) is 0 Å². The molecule has 0 spiro atoms. The fraction of sp³-hybridized carbons (Fsp3) is 0.529. The molecular formula is C17H24O4. The van der Waals surface area contributed by atoms with Crippen molar-refractivity contribution in [3.05, 3.63) is 29.8 Å². The molecule has 0 aliphatic rings. The zero-order valence-electron chi connectivity index (χ0n) is 12.9. The van der Waals surface area contributed by atoms with Crippen LogP contribution in [0.2, 0.25) is 0 Å². The molecular weight excluding hydrogens is 268 g/mol. The molecule has 0 heterocycles. The number of ether oxygens (including phenoxy) is 2. The van der Waals surface area contributed by atoms with Gasteiger partial charge in [0.05, 0.1) is 6.61 Å². The topological polar surface area (TPSA) is 52.6 Å². The molecule has 4 heteroatoms. The summed E-state index contributed by atoms with van der Waals surface area (Å²) in [5, 5.41) is 0. The van der Waals surface area contributed by atoms with Crippen LogP contribution in [0.1, 0.15) is 51.5 Å². The summed E-state index contributed by atoms with van der Waals surface area (Å²) in [5.74, 6) is 0.0537. The Morgan fingerprint density at radius 1 is 1.00 bits per heavy atom. The third kappa shape index (κ3) is 6.93. The summed E-state index contributed by atoms with van der Waals surface area (Å²) in [6, 6.07) is 7.48. The Morgan fingerprint density at radius 2 is 1.71 bits per heavy atom. The van der Waals surface area contributed by atoms with E-state index < -0.39 is 0 Å². The van der Waals surface area contributed by atoms with Gasteiger partial charge >= 0.3 is 11.9 Å². The van der Waals surface area contributed by atoms with Crippen molar-refractivity contribution in [1.82, 2.24) is 0 Å². The van der Waals surface area contributed by atoms with Crippen molar-refractivity contribution >= 4 is 11.9 Å². The molecule has 0 unspecified atom stereocenters. The summed E-state index contributed by atoms with van der Waals surface area (Å²) in [5.41, 5.74) is 1.00. The van der Waals surface area contributed by atoms with E-state index in [1.54, 1.807) is 6.07 Å². The smallest absolute Gasteiger partial charge is 0.311 e. The fourth-order valence-electron chi connectivity index (χ4n) is 1.85. The van der Waals surface area contributed by atoms with Crippen molar-refractivity contribution in [2.45, 2.75) is 52.4 Å². The van der Waals surface area contributed by atoms with Gasteiger partial charge in [0.1, 0.15) is 5.75 Å². The van der Waals surface area contributed by atoms with Gasteiger partial charge in [0.2, 0.25) is 0 Å². The molecule has 0 amide bonds. The molecule has 1 aromatic rings. The lowest BCUT2D eigenvalue weighted by atomic mass is 10.1. The molecule has 4 nitrogen and oxygen atoms in total. The van der Waals surface area contributed by atoms with Gasteiger partial charge in [-0.1, -0.05) is 38.5 Å². The largest absolute Gasteiger partial charge is 0.466 e. The monoisotopic (exact) mass is 292 g/mol. The number of aryl methyl sites for hydroxylation is 1. The van der Waals surface area contributed by atoms with E-state index in [2.05, 4.69) is 0 Å². The number of rotatable bonds is 9. The third-order valence-electron chi connectivity index (χ3n) is 3.10. The van der Waals surface area contributed by atoms with E-state index in [0.29, 0.717) is 18.8 Å². The molecule has 21 heavy (non-hydrogen) atoms. The average Bonchev–Trinajstić information content (AvgIpc) is 2.48. The minimum absolute atomic E-state index is 0.223.